The molecule has 0 radical (unpaired) electrons. The fraction of sp³-hybridized carbons (Fsp3) is 0.444. The molecule has 0 spiro atoms. The largest absolute Gasteiger partial charge is 0.388 e. The molecule has 0 fully saturated rings. The molecule has 3 rings (SSSR count). The molecule has 2 aromatic rings. The lowest BCUT2D eigenvalue weighted by atomic mass is 9.95. The maximum atomic E-state index is 12.4. The number of hydrogen-bond acceptors (Lipinski definition) is 3. The Hall–Kier alpha value is -2.14. The number of benzene rings is 1. The topological polar surface area (TPSA) is 78.0 Å². The van der Waals surface area contributed by atoms with Crippen LogP contribution in [0.15, 0.2) is 30.3 Å². The van der Waals surface area contributed by atoms with Crippen molar-refractivity contribution in [3.8, 4) is 0 Å². The second-order valence-electron chi connectivity index (χ2n) is 6.27. The third kappa shape index (κ3) is 3.62. The number of nitrogens with zero attached hydrogens (tertiary/aromatic N) is 1. The van der Waals surface area contributed by atoms with Crippen molar-refractivity contribution in [1.82, 2.24) is 15.5 Å². The van der Waals surface area contributed by atoms with Gasteiger partial charge in [0.05, 0.1) is 6.10 Å². The minimum atomic E-state index is -0.584. The van der Waals surface area contributed by atoms with Crippen LogP contribution in [0.4, 0.5) is 0 Å². The lowest BCUT2D eigenvalue weighted by Gasteiger charge is -2.18. The van der Waals surface area contributed by atoms with Gasteiger partial charge in [0.25, 0.3) is 5.91 Å². The first kappa shape index (κ1) is 15.7. The van der Waals surface area contributed by atoms with E-state index in [0.29, 0.717) is 12.1 Å². The molecule has 0 aliphatic heterocycles. The number of nitrogens with one attached hydrogen (secondary N) is 2. The minimum absolute atomic E-state index is 0.131. The maximum absolute atomic E-state index is 12.4. The Balaban J connectivity index is 1.60. The van der Waals surface area contributed by atoms with Crippen molar-refractivity contribution in [2.45, 2.75) is 51.2 Å². The van der Waals surface area contributed by atoms with Crippen molar-refractivity contribution in [3.63, 3.8) is 0 Å². The van der Waals surface area contributed by atoms with E-state index < -0.39 is 6.10 Å². The standard InChI is InChI=1S/C18H23N3O2/c1-12(11-16(22)13-7-3-2-4-8-13)19-18(23)17-14-9-5-6-10-15(14)20-21-17/h2-4,7-8,12,16,22H,5-6,9-11H2,1H3,(H,19,23)(H,20,21). The number of aromatic nitrogens is 2. The summed E-state index contributed by atoms with van der Waals surface area (Å²) in [6.07, 6.45) is 4.03. The summed E-state index contributed by atoms with van der Waals surface area (Å²) in [5.74, 6) is -0.155. The Morgan fingerprint density at radius 2 is 2.04 bits per heavy atom. The number of aliphatic hydroxyl groups excluding tert-OH is 1. The Morgan fingerprint density at radius 3 is 2.83 bits per heavy atom. The zero-order valence-electron chi connectivity index (χ0n) is 13.4. The average Bonchev–Trinajstić information content (AvgIpc) is 2.99. The van der Waals surface area contributed by atoms with E-state index >= 15 is 0 Å². The van der Waals surface area contributed by atoms with Gasteiger partial charge in [0.2, 0.25) is 0 Å². The fourth-order valence-electron chi connectivity index (χ4n) is 3.17. The van der Waals surface area contributed by atoms with Gasteiger partial charge in [-0.15, -0.1) is 0 Å². The van der Waals surface area contributed by atoms with Crippen LogP contribution < -0.4 is 5.32 Å². The van der Waals surface area contributed by atoms with Crippen LogP contribution in [0.5, 0.6) is 0 Å². The number of carbonyl (C=O) groups excluding carboxylic acids is 1. The van der Waals surface area contributed by atoms with Gasteiger partial charge in [-0.3, -0.25) is 9.89 Å². The van der Waals surface area contributed by atoms with E-state index in [1.165, 1.54) is 0 Å². The van der Waals surface area contributed by atoms with Crippen LogP contribution in [0, 0.1) is 0 Å². The molecule has 5 nitrogen and oxygen atoms in total. The summed E-state index contributed by atoms with van der Waals surface area (Å²) in [6, 6.07) is 9.37. The Labute approximate surface area is 136 Å². The van der Waals surface area contributed by atoms with Gasteiger partial charge in [-0.25, -0.2) is 0 Å². The molecule has 1 aromatic carbocycles. The summed E-state index contributed by atoms with van der Waals surface area (Å²) in [7, 11) is 0. The van der Waals surface area contributed by atoms with Crippen LogP contribution in [-0.2, 0) is 12.8 Å². The first-order valence-corrected chi connectivity index (χ1v) is 8.25. The van der Waals surface area contributed by atoms with Crippen LogP contribution in [0.25, 0.3) is 0 Å². The third-order valence-corrected chi connectivity index (χ3v) is 4.41. The van der Waals surface area contributed by atoms with Crippen molar-refractivity contribution in [3.05, 3.63) is 52.8 Å². The van der Waals surface area contributed by atoms with Crippen molar-refractivity contribution in [2.75, 3.05) is 0 Å². The fourth-order valence-corrected chi connectivity index (χ4v) is 3.17. The first-order chi connectivity index (χ1) is 11.1. The molecule has 0 saturated carbocycles. The second-order valence-corrected chi connectivity index (χ2v) is 6.27. The van der Waals surface area contributed by atoms with E-state index in [4.69, 9.17) is 0 Å². The molecule has 0 bridgehead atoms. The first-order valence-electron chi connectivity index (χ1n) is 8.25. The molecule has 2 atom stereocenters. The van der Waals surface area contributed by atoms with Crippen LogP contribution in [0.1, 0.15) is 59.6 Å². The molecule has 23 heavy (non-hydrogen) atoms. The normalized spacial score (nSPS) is 16.4. The van der Waals surface area contributed by atoms with E-state index in [1.54, 1.807) is 0 Å². The van der Waals surface area contributed by atoms with Crippen molar-refractivity contribution in [1.29, 1.82) is 0 Å². The Kier molecular flexibility index (Phi) is 4.76. The van der Waals surface area contributed by atoms with Gasteiger partial charge in [0.1, 0.15) is 0 Å². The molecule has 2 unspecified atom stereocenters. The molecule has 1 aliphatic carbocycles. The van der Waals surface area contributed by atoms with E-state index in [2.05, 4.69) is 15.5 Å². The quantitative estimate of drug-likeness (QED) is 0.794. The Morgan fingerprint density at radius 1 is 1.30 bits per heavy atom. The van der Waals surface area contributed by atoms with Crippen LogP contribution in [-0.4, -0.2) is 27.3 Å². The molecule has 0 saturated heterocycles. The van der Waals surface area contributed by atoms with E-state index in [9.17, 15) is 9.90 Å². The molecule has 122 valence electrons. The van der Waals surface area contributed by atoms with E-state index in [0.717, 1.165) is 42.5 Å². The van der Waals surface area contributed by atoms with Gasteiger partial charge < -0.3 is 10.4 Å². The van der Waals surface area contributed by atoms with Crippen molar-refractivity contribution < 1.29 is 9.90 Å². The van der Waals surface area contributed by atoms with Gasteiger partial charge in [0, 0.05) is 17.3 Å². The number of hydrogen-bond donors (Lipinski definition) is 3. The van der Waals surface area contributed by atoms with Crippen LogP contribution in [0.2, 0.25) is 0 Å². The van der Waals surface area contributed by atoms with E-state index in [-0.39, 0.29) is 11.9 Å². The smallest absolute Gasteiger partial charge is 0.272 e. The van der Waals surface area contributed by atoms with Crippen LogP contribution >= 0.6 is 0 Å². The summed E-state index contributed by atoms with van der Waals surface area (Å²) in [4.78, 5) is 12.4. The number of aryl methyl sites for hydroxylation is 1. The average molecular weight is 313 g/mol. The van der Waals surface area contributed by atoms with Gasteiger partial charge in [-0.2, -0.15) is 5.10 Å². The van der Waals surface area contributed by atoms with E-state index in [1.807, 2.05) is 37.3 Å². The molecule has 1 amide bonds. The third-order valence-electron chi connectivity index (χ3n) is 4.41. The number of fused-ring (bicyclic) bond motifs is 1. The molecular formula is C18H23N3O2. The zero-order chi connectivity index (χ0) is 16.2. The SMILES string of the molecule is CC(CC(O)c1ccccc1)NC(=O)c1n[nH]c2c1CCCC2. The summed E-state index contributed by atoms with van der Waals surface area (Å²) in [6.45, 7) is 1.91. The minimum Gasteiger partial charge on any atom is -0.388 e. The molecule has 1 heterocycles. The highest BCUT2D eigenvalue weighted by Crippen LogP contribution is 2.22. The number of carbonyl (C=O) groups is 1. The number of aliphatic hydroxyl groups is 1. The maximum Gasteiger partial charge on any atom is 0.272 e. The predicted molar refractivity (Wildman–Crippen MR) is 88.2 cm³/mol. The second kappa shape index (κ2) is 6.96. The van der Waals surface area contributed by atoms with Crippen molar-refractivity contribution in [2.24, 2.45) is 0 Å². The van der Waals surface area contributed by atoms with Crippen LogP contribution in [0.3, 0.4) is 0 Å². The molecular weight excluding hydrogens is 290 g/mol. The summed E-state index contributed by atoms with van der Waals surface area (Å²) in [5, 5.41) is 20.4. The molecule has 1 aliphatic rings. The highest BCUT2D eigenvalue weighted by Gasteiger charge is 2.23. The lowest BCUT2D eigenvalue weighted by Crippen LogP contribution is -2.34. The highest BCUT2D eigenvalue weighted by atomic mass is 16.3. The molecule has 3 N–H and O–H groups in total. The summed E-state index contributed by atoms with van der Waals surface area (Å²) in [5.41, 5.74) is 3.54. The predicted octanol–water partition coefficient (Wildman–Crippen LogP) is 2.53. The summed E-state index contributed by atoms with van der Waals surface area (Å²) < 4.78 is 0. The van der Waals surface area contributed by atoms with Crippen molar-refractivity contribution >= 4 is 5.91 Å². The Bertz CT molecular complexity index is 666. The number of H-pyrrole nitrogens is 1. The molecule has 5 heteroatoms. The number of rotatable bonds is 5. The lowest BCUT2D eigenvalue weighted by molar-refractivity contribution is 0.0911. The van der Waals surface area contributed by atoms with Gasteiger partial charge in [-0.05, 0) is 44.6 Å². The van der Waals surface area contributed by atoms with Gasteiger partial charge in [-0.1, -0.05) is 30.3 Å². The monoisotopic (exact) mass is 313 g/mol. The highest BCUT2D eigenvalue weighted by molar-refractivity contribution is 5.94. The number of aromatic amines is 1. The molecule has 1 aromatic heterocycles. The summed E-state index contributed by atoms with van der Waals surface area (Å²) >= 11 is 0. The zero-order valence-corrected chi connectivity index (χ0v) is 13.4. The number of amides is 1. The van der Waals surface area contributed by atoms with Gasteiger partial charge in [0.15, 0.2) is 5.69 Å². The van der Waals surface area contributed by atoms with Gasteiger partial charge >= 0.3 is 0 Å².